The van der Waals surface area contributed by atoms with Gasteiger partial charge in [-0.05, 0) is 13.0 Å². The maximum absolute atomic E-state index is 12.3. The summed E-state index contributed by atoms with van der Waals surface area (Å²) in [6, 6.07) is 4.14. The number of carbonyl (C=O) groups is 1. The summed E-state index contributed by atoms with van der Waals surface area (Å²) in [5.74, 6) is -0.211. The minimum absolute atomic E-state index is 0.119. The summed E-state index contributed by atoms with van der Waals surface area (Å²) in [6.07, 6.45) is 1.38. The van der Waals surface area contributed by atoms with Crippen molar-refractivity contribution < 1.29 is 19.2 Å². The number of nitro benzene ring substituents is 1. The van der Waals surface area contributed by atoms with E-state index in [9.17, 15) is 14.9 Å². The molecule has 1 aromatic heterocycles. The molecule has 126 valence electrons. The number of methoxy groups -OCH3 is 2. The summed E-state index contributed by atoms with van der Waals surface area (Å²) in [5.41, 5.74) is 0.859. The molecule has 9 nitrogen and oxygen atoms in total. The van der Waals surface area contributed by atoms with Crippen molar-refractivity contribution in [2.24, 2.45) is 0 Å². The highest BCUT2D eigenvalue weighted by atomic mass is 16.6. The van der Waals surface area contributed by atoms with Crippen LogP contribution in [0.4, 0.5) is 5.69 Å². The summed E-state index contributed by atoms with van der Waals surface area (Å²) in [5, 5.41) is 13.8. The van der Waals surface area contributed by atoms with Gasteiger partial charge in [-0.1, -0.05) is 0 Å². The van der Waals surface area contributed by atoms with Crippen LogP contribution in [0.15, 0.2) is 24.5 Å². The van der Waals surface area contributed by atoms with Crippen LogP contribution in [0.3, 0.4) is 0 Å². The fraction of sp³-hybridized carbons (Fsp3) is 0.267. The predicted molar refractivity (Wildman–Crippen MR) is 84.1 cm³/mol. The standard InChI is InChI=1S/C15H16N4O5/c1-9-4-10(18-8-17-9)7-16-15(20)11-5-13(23-2)14(24-3)6-12(11)19(21)22/h4-6,8H,7H2,1-3H3,(H,16,20). The van der Waals surface area contributed by atoms with Crippen molar-refractivity contribution in [2.75, 3.05) is 14.2 Å². The minimum Gasteiger partial charge on any atom is -0.493 e. The second-order valence-electron chi connectivity index (χ2n) is 4.81. The molecule has 0 aliphatic carbocycles. The number of aromatic nitrogens is 2. The van der Waals surface area contributed by atoms with E-state index in [0.29, 0.717) is 5.69 Å². The lowest BCUT2D eigenvalue weighted by atomic mass is 10.1. The number of nitro groups is 1. The summed E-state index contributed by atoms with van der Waals surface area (Å²) >= 11 is 0. The molecule has 0 unspecified atom stereocenters. The fourth-order valence-corrected chi connectivity index (χ4v) is 2.07. The van der Waals surface area contributed by atoms with Crippen LogP contribution in [0.25, 0.3) is 0 Å². The summed E-state index contributed by atoms with van der Waals surface area (Å²) in [4.78, 5) is 30.9. The normalized spacial score (nSPS) is 10.1. The zero-order chi connectivity index (χ0) is 17.7. The number of ether oxygens (including phenoxy) is 2. The van der Waals surface area contributed by atoms with Crippen molar-refractivity contribution in [2.45, 2.75) is 13.5 Å². The average Bonchev–Trinajstić information content (AvgIpc) is 2.58. The molecule has 2 aromatic rings. The summed E-state index contributed by atoms with van der Waals surface area (Å²) in [6.45, 7) is 1.92. The Bertz CT molecular complexity index is 778. The van der Waals surface area contributed by atoms with Crippen LogP contribution in [0.5, 0.6) is 11.5 Å². The number of rotatable bonds is 6. The van der Waals surface area contributed by atoms with Crippen molar-refractivity contribution >= 4 is 11.6 Å². The lowest BCUT2D eigenvalue weighted by molar-refractivity contribution is -0.385. The van der Waals surface area contributed by atoms with Gasteiger partial charge in [0.2, 0.25) is 0 Å². The molecular weight excluding hydrogens is 316 g/mol. The second kappa shape index (κ2) is 7.36. The third kappa shape index (κ3) is 3.75. The molecule has 24 heavy (non-hydrogen) atoms. The number of carbonyl (C=O) groups excluding carboxylic acids is 1. The number of nitrogens with zero attached hydrogens (tertiary/aromatic N) is 3. The lowest BCUT2D eigenvalue weighted by Gasteiger charge is -2.11. The van der Waals surface area contributed by atoms with E-state index < -0.39 is 10.8 Å². The SMILES string of the molecule is COc1cc(C(=O)NCc2cc(C)ncn2)c([N+](=O)[O-])cc1OC. The van der Waals surface area contributed by atoms with Crippen molar-refractivity contribution in [3.63, 3.8) is 0 Å². The van der Waals surface area contributed by atoms with E-state index in [1.54, 1.807) is 13.0 Å². The monoisotopic (exact) mass is 332 g/mol. The highest BCUT2D eigenvalue weighted by Gasteiger charge is 2.24. The molecule has 0 aliphatic rings. The first-order valence-corrected chi connectivity index (χ1v) is 6.92. The molecule has 1 heterocycles. The molecule has 1 aromatic carbocycles. The van der Waals surface area contributed by atoms with Gasteiger partial charge in [0.1, 0.15) is 11.9 Å². The molecule has 0 saturated heterocycles. The van der Waals surface area contributed by atoms with Crippen LogP contribution >= 0.6 is 0 Å². The fourth-order valence-electron chi connectivity index (χ4n) is 2.07. The molecule has 0 aliphatic heterocycles. The third-order valence-corrected chi connectivity index (χ3v) is 3.23. The molecule has 0 bridgehead atoms. The maximum Gasteiger partial charge on any atom is 0.286 e. The smallest absolute Gasteiger partial charge is 0.286 e. The van der Waals surface area contributed by atoms with E-state index in [0.717, 1.165) is 11.8 Å². The van der Waals surface area contributed by atoms with Gasteiger partial charge in [0.25, 0.3) is 11.6 Å². The number of aryl methyl sites for hydroxylation is 1. The predicted octanol–water partition coefficient (Wildman–Crippen LogP) is 1.64. The van der Waals surface area contributed by atoms with E-state index in [4.69, 9.17) is 9.47 Å². The molecule has 0 atom stereocenters. The number of hydrogen-bond donors (Lipinski definition) is 1. The molecule has 9 heteroatoms. The van der Waals surface area contributed by atoms with Gasteiger partial charge in [-0.2, -0.15) is 0 Å². The van der Waals surface area contributed by atoms with E-state index in [1.165, 1.54) is 26.6 Å². The van der Waals surface area contributed by atoms with Gasteiger partial charge < -0.3 is 14.8 Å². The molecule has 0 saturated carbocycles. The summed E-state index contributed by atoms with van der Waals surface area (Å²) in [7, 11) is 2.74. The van der Waals surface area contributed by atoms with Crippen molar-refractivity contribution in [1.29, 1.82) is 0 Å². The first kappa shape index (κ1) is 17.1. The van der Waals surface area contributed by atoms with Gasteiger partial charge in [-0.15, -0.1) is 0 Å². The quantitative estimate of drug-likeness (QED) is 0.631. The highest BCUT2D eigenvalue weighted by Crippen LogP contribution is 2.34. The second-order valence-corrected chi connectivity index (χ2v) is 4.81. The Kier molecular flexibility index (Phi) is 5.25. The van der Waals surface area contributed by atoms with Gasteiger partial charge >= 0.3 is 0 Å². The Morgan fingerprint density at radius 1 is 1.21 bits per heavy atom. The topological polar surface area (TPSA) is 116 Å². The average molecular weight is 332 g/mol. The first-order chi connectivity index (χ1) is 11.5. The number of benzene rings is 1. The third-order valence-electron chi connectivity index (χ3n) is 3.23. The maximum atomic E-state index is 12.3. The Labute approximate surface area is 137 Å². The zero-order valence-electron chi connectivity index (χ0n) is 13.4. The van der Waals surface area contributed by atoms with Gasteiger partial charge in [0.15, 0.2) is 11.5 Å². The number of hydrogen-bond acceptors (Lipinski definition) is 7. The molecular formula is C15H16N4O5. The number of nitrogens with one attached hydrogen (secondary N) is 1. The van der Waals surface area contributed by atoms with Crippen molar-refractivity contribution in [1.82, 2.24) is 15.3 Å². The van der Waals surface area contributed by atoms with E-state index >= 15 is 0 Å². The Morgan fingerprint density at radius 2 is 1.88 bits per heavy atom. The molecule has 0 spiro atoms. The first-order valence-electron chi connectivity index (χ1n) is 6.92. The van der Waals surface area contributed by atoms with E-state index in [-0.39, 0.29) is 29.3 Å². The summed E-state index contributed by atoms with van der Waals surface area (Å²) < 4.78 is 10.1. The minimum atomic E-state index is -0.647. The molecule has 0 radical (unpaired) electrons. The zero-order valence-corrected chi connectivity index (χ0v) is 13.4. The van der Waals surface area contributed by atoms with Crippen LogP contribution in [0.2, 0.25) is 0 Å². The van der Waals surface area contributed by atoms with E-state index in [2.05, 4.69) is 15.3 Å². The van der Waals surface area contributed by atoms with Crippen LogP contribution in [-0.2, 0) is 6.54 Å². The van der Waals surface area contributed by atoms with E-state index in [1.807, 2.05) is 0 Å². The van der Waals surface area contributed by atoms with Crippen LogP contribution < -0.4 is 14.8 Å². The Hall–Kier alpha value is -3.23. The largest absolute Gasteiger partial charge is 0.493 e. The molecule has 1 amide bonds. The van der Waals surface area contributed by atoms with Crippen LogP contribution in [0.1, 0.15) is 21.7 Å². The van der Waals surface area contributed by atoms with Gasteiger partial charge in [-0.3, -0.25) is 14.9 Å². The molecule has 0 fully saturated rings. The Balaban J connectivity index is 2.28. The van der Waals surface area contributed by atoms with Gasteiger partial charge in [-0.25, -0.2) is 9.97 Å². The van der Waals surface area contributed by atoms with Gasteiger partial charge in [0, 0.05) is 11.8 Å². The lowest BCUT2D eigenvalue weighted by Crippen LogP contribution is -2.24. The van der Waals surface area contributed by atoms with Gasteiger partial charge in [0.05, 0.1) is 37.4 Å². The van der Waals surface area contributed by atoms with Crippen LogP contribution in [0, 0.1) is 17.0 Å². The molecule has 1 N–H and O–H groups in total. The Morgan fingerprint density at radius 3 is 2.46 bits per heavy atom. The highest BCUT2D eigenvalue weighted by molar-refractivity contribution is 5.99. The van der Waals surface area contributed by atoms with Crippen LogP contribution in [-0.4, -0.2) is 35.0 Å². The van der Waals surface area contributed by atoms with Crippen molar-refractivity contribution in [3.8, 4) is 11.5 Å². The van der Waals surface area contributed by atoms with Crippen molar-refractivity contribution in [3.05, 3.63) is 51.6 Å². The molecule has 2 rings (SSSR count). The number of amides is 1.